The molecule has 0 atom stereocenters. The molecule has 0 radical (unpaired) electrons. The third-order valence-electron chi connectivity index (χ3n) is 2.03. The number of hydrogen-bond acceptors (Lipinski definition) is 3. The molecule has 0 fully saturated rings. The molecule has 2 rings (SSSR count). The molecule has 2 aromatic rings. The summed E-state index contributed by atoms with van der Waals surface area (Å²) in [6.07, 6.45) is 2.21. The molecule has 4 heteroatoms. The summed E-state index contributed by atoms with van der Waals surface area (Å²) < 4.78 is 13.3. The summed E-state index contributed by atoms with van der Waals surface area (Å²) in [7, 11) is 0. The molecule has 0 spiro atoms. The first-order valence-corrected chi connectivity index (χ1v) is 5.20. The van der Waals surface area contributed by atoms with Gasteiger partial charge in [-0.15, -0.1) is 11.3 Å². The predicted octanol–water partition coefficient (Wildman–Crippen LogP) is 3.07. The molecule has 1 heterocycles. The van der Waals surface area contributed by atoms with Gasteiger partial charge in [0.15, 0.2) is 6.29 Å². The number of hydrogen-bond donors (Lipinski definition) is 0. The number of halogens is 1. The number of nitrogens with zero attached hydrogens (tertiary/aromatic N) is 1. The van der Waals surface area contributed by atoms with Crippen molar-refractivity contribution in [3.63, 3.8) is 0 Å². The minimum absolute atomic E-state index is 0.0833. The van der Waals surface area contributed by atoms with Crippen LogP contribution in [0.25, 0.3) is 10.4 Å². The van der Waals surface area contributed by atoms with Crippen LogP contribution in [0.1, 0.15) is 15.4 Å². The summed E-state index contributed by atoms with van der Waals surface area (Å²) in [6, 6.07) is 4.56. The SMILES string of the molecule is Cc1ncc(-c2ccc(C=O)c(F)c2)s1. The van der Waals surface area contributed by atoms with E-state index in [-0.39, 0.29) is 5.56 Å². The second-order valence-corrected chi connectivity index (χ2v) is 4.33. The summed E-state index contributed by atoms with van der Waals surface area (Å²) in [5.41, 5.74) is 0.837. The minimum Gasteiger partial charge on any atom is -0.298 e. The monoisotopic (exact) mass is 221 g/mol. The van der Waals surface area contributed by atoms with Crippen molar-refractivity contribution >= 4 is 17.6 Å². The Morgan fingerprint density at radius 1 is 1.47 bits per heavy atom. The van der Waals surface area contributed by atoms with E-state index in [4.69, 9.17) is 0 Å². The maximum atomic E-state index is 13.3. The van der Waals surface area contributed by atoms with Crippen molar-refractivity contribution in [2.45, 2.75) is 6.92 Å². The molecule has 15 heavy (non-hydrogen) atoms. The average molecular weight is 221 g/mol. The smallest absolute Gasteiger partial charge is 0.152 e. The third-order valence-corrected chi connectivity index (χ3v) is 3.00. The van der Waals surface area contributed by atoms with E-state index in [2.05, 4.69) is 4.98 Å². The summed E-state index contributed by atoms with van der Waals surface area (Å²) >= 11 is 1.50. The normalized spacial score (nSPS) is 10.3. The fourth-order valence-electron chi connectivity index (χ4n) is 1.27. The topological polar surface area (TPSA) is 30.0 Å². The van der Waals surface area contributed by atoms with Gasteiger partial charge < -0.3 is 0 Å². The lowest BCUT2D eigenvalue weighted by Crippen LogP contribution is -1.87. The first kappa shape index (κ1) is 9.98. The molecule has 0 unspecified atom stereocenters. The van der Waals surface area contributed by atoms with E-state index in [1.165, 1.54) is 23.5 Å². The van der Waals surface area contributed by atoms with Crippen LogP contribution in [0.2, 0.25) is 0 Å². The summed E-state index contributed by atoms with van der Waals surface area (Å²) in [5.74, 6) is -0.492. The quantitative estimate of drug-likeness (QED) is 0.729. The van der Waals surface area contributed by atoms with Crippen LogP contribution < -0.4 is 0 Å². The minimum atomic E-state index is -0.492. The van der Waals surface area contributed by atoms with Crippen LogP contribution in [0.5, 0.6) is 0 Å². The Morgan fingerprint density at radius 3 is 2.80 bits per heavy atom. The van der Waals surface area contributed by atoms with Gasteiger partial charge in [0.2, 0.25) is 0 Å². The molecule has 0 aliphatic rings. The zero-order valence-corrected chi connectivity index (χ0v) is 8.84. The van der Waals surface area contributed by atoms with Crippen LogP contribution in [0.3, 0.4) is 0 Å². The van der Waals surface area contributed by atoms with Crippen molar-refractivity contribution in [3.8, 4) is 10.4 Å². The van der Waals surface area contributed by atoms with E-state index in [0.717, 1.165) is 15.4 Å². The van der Waals surface area contributed by atoms with E-state index < -0.39 is 5.82 Å². The van der Waals surface area contributed by atoms with E-state index in [9.17, 15) is 9.18 Å². The fourth-order valence-corrected chi connectivity index (χ4v) is 2.04. The van der Waals surface area contributed by atoms with Crippen LogP contribution >= 0.6 is 11.3 Å². The van der Waals surface area contributed by atoms with Gasteiger partial charge in [-0.25, -0.2) is 9.37 Å². The second-order valence-electron chi connectivity index (χ2n) is 3.10. The molecular formula is C11H8FNOS. The lowest BCUT2D eigenvalue weighted by Gasteiger charge is -1.98. The van der Waals surface area contributed by atoms with E-state index >= 15 is 0 Å². The molecule has 1 aromatic heterocycles. The maximum Gasteiger partial charge on any atom is 0.152 e. The van der Waals surface area contributed by atoms with E-state index in [0.29, 0.717) is 6.29 Å². The molecule has 0 aliphatic carbocycles. The van der Waals surface area contributed by atoms with Crippen molar-refractivity contribution in [1.82, 2.24) is 4.98 Å². The van der Waals surface area contributed by atoms with Crippen molar-refractivity contribution in [2.24, 2.45) is 0 Å². The summed E-state index contributed by atoms with van der Waals surface area (Å²) in [5, 5.41) is 0.935. The van der Waals surface area contributed by atoms with Gasteiger partial charge in [-0.2, -0.15) is 0 Å². The molecule has 0 bridgehead atoms. The number of carbonyl (C=O) groups excluding carboxylic acids is 1. The lowest BCUT2D eigenvalue weighted by molar-refractivity contribution is 0.112. The van der Waals surface area contributed by atoms with Crippen LogP contribution in [-0.4, -0.2) is 11.3 Å². The maximum absolute atomic E-state index is 13.3. The Morgan fingerprint density at radius 2 is 2.27 bits per heavy atom. The Bertz CT molecular complexity index is 507. The zero-order chi connectivity index (χ0) is 10.8. The van der Waals surface area contributed by atoms with Gasteiger partial charge in [-0.1, -0.05) is 6.07 Å². The van der Waals surface area contributed by atoms with E-state index in [1.54, 1.807) is 12.3 Å². The van der Waals surface area contributed by atoms with Gasteiger partial charge in [-0.05, 0) is 24.6 Å². The molecule has 2 nitrogen and oxygen atoms in total. The molecule has 0 N–H and O–H groups in total. The molecule has 0 amide bonds. The molecule has 1 aromatic carbocycles. The van der Waals surface area contributed by atoms with Gasteiger partial charge in [0, 0.05) is 6.20 Å². The number of rotatable bonds is 2. The Labute approximate surface area is 90.4 Å². The zero-order valence-electron chi connectivity index (χ0n) is 8.03. The Kier molecular flexibility index (Phi) is 2.60. The standard InChI is InChI=1S/C11H8FNOS/c1-7-13-5-11(15-7)8-2-3-9(6-14)10(12)4-8/h2-6H,1H3. The fraction of sp³-hybridized carbons (Fsp3) is 0.0909. The first-order chi connectivity index (χ1) is 7.20. The average Bonchev–Trinajstić information content (AvgIpc) is 2.65. The summed E-state index contributed by atoms with van der Waals surface area (Å²) in [6.45, 7) is 1.89. The third kappa shape index (κ3) is 1.94. The highest BCUT2D eigenvalue weighted by Gasteiger charge is 2.06. The van der Waals surface area contributed by atoms with E-state index in [1.807, 2.05) is 6.92 Å². The largest absolute Gasteiger partial charge is 0.298 e. The Balaban J connectivity index is 2.46. The van der Waals surface area contributed by atoms with Gasteiger partial charge in [0.1, 0.15) is 5.82 Å². The molecule has 0 aliphatic heterocycles. The molecule has 0 saturated carbocycles. The Hall–Kier alpha value is -1.55. The number of aromatic nitrogens is 1. The highest BCUT2D eigenvalue weighted by molar-refractivity contribution is 7.15. The summed E-state index contributed by atoms with van der Waals surface area (Å²) in [4.78, 5) is 15.4. The van der Waals surface area contributed by atoms with Crippen LogP contribution in [-0.2, 0) is 0 Å². The highest BCUT2D eigenvalue weighted by atomic mass is 32.1. The second kappa shape index (κ2) is 3.90. The van der Waals surface area contributed by atoms with Gasteiger partial charge >= 0.3 is 0 Å². The number of aryl methyl sites for hydroxylation is 1. The van der Waals surface area contributed by atoms with Crippen molar-refractivity contribution < 1.29 is 9.18 Å². The van der Waals surface area contributed by atoms with Gasteiger partial charge in [0.25, 0.3) is 0 Å². The van der Waals surface area contributed by atoms with Crippen LogP contribution in [0, 0.1) is 12.7 Å². The molecule has 0 saturated heterocycles. The van der Waals surface area contributed by atoms with Crippen LogP contribution in [0.4, 0.5) is 4.39 Å². The number of carbonyl (C=O) groups is 1. The molecular weight excluding hydrogens is 213 g/mol. The number of thiazole rings is 1. The van der Waals surface area contributed by atoms with Gasteiger partial charge in [0.05, 0.1) is 15.4 Å². The number of benzene rings is 1. The predicted molar refractivity (Wildman–Crippen MR) is 57.6 cm³/mol. The van der Waals surface area contributed by atoms with Crippen molar-refractivity contribution in [2.75, 3.05) is 0 Å². The lowest BCUT2D eigenvalue weighted by atomic mass is 10.1. The van der Waals surface area contributed by atoms with Crippen molar-refractivity contribution in [3.05, 3.63) is 40.8 Å². The first-order valence-electron chi connectivity index (χ1n) is 4.38. The van der Waals surface area contributed by atoms with Crippen LogP contribution in [0.15, 0.2) is 24.4 Å². The molecule has 76 valence electrons. The highest BCUT2D eigenvalue weighted by Crippen LogP contribution is 2.26. The number of aldehydes is 1. The van der Waals surface area contributed by atoms with Crippen molar-refractivity contribution in [1.29, 1.82) is 0 Å². The van der Waals surface area contributed by atoms with Gasteiger partial charge in [-0.3, -0.25) is 4.79 Å².